The second kappa shape index (κ2) is 7.68. The van der Waals surface area contributed by atoms with E-state index in [1.807, 2.05) is 52.9 Å². The Labute approximate surface area is 149 Å². The summed E-state index contributed by atoms with van der Waals surface area (Å²) in [7, 11) is 0. The lowest BCUT2D eigenvalue weighted by Gasteiger charge is -2.22. The number of carbonyl (C=O) groups is 2. The SMILES string of the molecule is CCC(=O)N1CCCN(C(=O)c2ccc(N3CCC(C)=N3)cc2)CC1. The molecule has 1 aromatic carbocycles. The number of nitrogens with zero attached hydrogens (tertiary/aromatic N) is 4. The quantitative estimate of drug-likeness (QED) is 0.847. The van der Waals surface area contributed by atoms with E-state index in [1.54, 1.807) is 0 Å². The summed E-state index contributed by atoms with van der Waals surface area (Å²) in [5.41, 5.74) is 2.85. The standard InChI is InChI=1S/C19H26N4O2/c1-3-18(24)21-10-4-11-22(14-13-21)19(25)16-5-7-17(8-6-16)23-12-9-15(2)20-23/h5-8H,3-4,9-14H2,1-2H3. The molecular formula is C19H26N4O2. The van der Waals surface area contributed by atoms with Crippen molar-refractivity contribution in [1.82, 2.24) is 9.80 Å². The normalized spacial score (nSPS) is 18.2. The molecule has 0 atom stereocenters. The van der Waals surface area contributed by atoms with Crippen molar-refractivity contribution < 1.29 is 9.59 Å². The van der Waals surface area contributed by atoms with Crippen molar-refractivity contribution in [3.63, 3.8) is 0 Å². The Morgan fingerprint density at radius 3 is 2.32 bits per heavy atom. The lowest BCUT2D eigenvalue weighted by molar-refractivity contribution is -0.130. The third-order valence-electron chi connectivity index (χ3n) is 4.83. The number of carbonyl (C=O) groups excluding carboxylic acids is 2. The van der Waals surface area contributed by atoms with Crippen molar-refractivity contribution in [3.05, 3.63) is 29.8 Å². The van der Waals surface area contributed by atoms with E-state index in [2.05, 4.69) is 5.10 Å². The van der Waals surface area contributed by atoms with E-state index >= 15 is 0 Å². The molecule has 25 heavy (non-hydrogen) atoms. The van der Waals surface area contributed by atoms with Gasteiger partial charge in [0.15, 0.2) is 0 Å². The van der Waals surface area contributed by atoms with Gasteiger partial charge in [0.2, 0.25) is 5.91 Å². The van der Waals surface area contributed by atoms with E-state index < -0.39 is 0 Å². The zero-order valence-electron chi connectivity index (χ0n) is 15.1. The number of hydrogen-bond donors (Lipinski definition) is 0. The largest absolute Gasteiger partial charge is 0.341 e. The van der Waals surface area contributed by atoms with Crippen LogP contribution in [0.15, 0.2) is 29.4 Å². The first-order valence-electron chi connectivity index (χ1n) is 9.07. The highest BCUT2D eigenvalue weighted by Crippen LogP contribution is 2.20. The number of anilines is 1. The van der Waals surface area contributed by atoms with Crippen molar-refractivity contribution in [1.29, 1.82) is 0 Å². The minimum Gasteiger partial charge on any atom is -0.341 e. The Morgan fingerprint density at radius 1 is 1.00 bits per heavy atom. The number of rotatable bonds is 3. The average Bonchev–Trinajstić information content (AvgIpc) is 2.93. The monoisotopic (exact) mass is 342 g/mol. The molecule has 1 fully saturated rings. The van der Waals surface area contributed by atoms with Gasteiger partial charge in [-0.15, -0.1) is 0 Å². The van der Waals surface area contributed by atoms with Crippen LogP contribution in [0.25, 0.3) is 0 Å². The average molecular weight is 342 g/mol. The molecule has 0 saturated carbocycles. The minimum absolute atomic E-state index is 0.0402. The van der Waals surface area contributed by atoms with Gasteiger partial charge in [0.1, 0.15) is 0 Å². The predicted octanol–water partition coefficient (Wildman–Crippen LogP) is 2.36. The van der Waals surface area contributed by atoms with Gasteiger partial charge in [0, 0.05) is 56.8 Å². The molecule has 0 aliphatic carbocycles. The van der Waals surface area contributed by atoms with E-state index in [4.69, 9.17) is 0 Å². The van der Waals surface area contributed by atoms with Crippen LogP contribution in [-0.4, -0.2) is 60.0 Å². The van der Waals surface area contributed by atoms with Crippen molar-refractivity contribution >= 4 is 23.2 Å². The lowest BCUT2D eigenvalue weighted by Crippen LogP contribution is -2.37. The Hall–Kier alpha value is -2.37. The molecule has 6 heteroatoms. The Balaban J connectivity index is 1.64. The van der Waals surface area contributed by atoms with Gasteiger partial charge in [-0.1, -0.05) is 6.92 Å². The van der Waals surface area contributed by atoms with Crippen LogP contribution in [0.2, 0.25) is 0 Å². The van der Waals surface area contributed by atoms with Crippen LogP contribution in [0.1, 0.15) is 43.5 Å². The first-order chi connectivity index (χ1) is 12.1. The highest BCUT2D eigenvalue weighted by atomic mass is 16.2. The molecule has 0 radical (unpaired) electrons. The molecule has 0 aromatic heterocycles. The Morgan fingerprint density at radius 2 is 1.68 bits per heavy atom. The van der Waals surface area contributed by atoms with Gasteiger partial charge >= 0.3 is 0 Å². The van der Waals surface area contributed by atoms with Crippen LogP contribution in [0.3, 0.4) is 0 Å². The van der Waals surface area contributed by atoms with Crippen molar-refractivity contribution in [2.24, 2.45) is 5.10 Å². The highest BCUT2D eigenvalue weighted by molar-refractivity contribution is 5.94. The van der Waals surface area contributed by atoms with Crippen molar-refractivity contribution in [2.45, 2.75) is 33.1 Å². The second-order valence-corrected chi connectivity index (χ2v) is 6.64. The van der Waals surface area contributed by atoms with E-state index in [-0.39, 0.29) is 11.8 Å². The Bertz CT molecular complexity index is 669. The summed E-state index contributed by atoms with van der Waals surface area (Å²) < 4.78 is 0. The maximum atomic E-state index is 12.8. The molecule has 1 aromatic rings. The van der Waals surface area contributed by atoms with Gasteiger partial charge in [-0.3, -0.25) is 14.6 Å². The smallest absolute Gasteiger partial charge is 0.253 e. The minimum atomic E-state index is 0.0402. The molecule has 6 nitrogen and oxygen atoms in total. The zero-order valence-corrected chi connectivity index (χ0v) is 15.1. The number of amides is 2. The van der Waals surface area contributed by atoms with Crippen LogP contribution in [0.4, 0.5) is 5.69 Å². The molecule has 2 amide bonds. The van der Waals surface area contributed by atoms with Gasteiger partial charge in [-0.2, -0.15) is 5.10 Å². The van der Waals surface area contributed by atoms with Crippen LogP contribution in [-0.2, 0) is 4.79 Å². The summed E-state index contributed by atoms with van der Waals surface area (Å²) in [6.45, 7) is 7.46. The third-order valence-corrected chi connectivity index (χ3v) is 4.83. The summed E-state index contributed by atoms with van der Waals surface area (Å²) in [6, 6.07) is 7.67. The molecule has 134 valence electrons. The van der Waals surface area contributed by atoms with Crippen molar-refractivity contribution in [3.8, 4) is 0 Å². The molecule has 1 saturated heterocycles. The summed E-state index contributed by atoms with van der Waals surface area (Å²) in [6.07, 6.45) is 2.34. The fraction of sp³-hybridized carbons (Fsp3) is 0.526. The number of hydrogen-bond acceptors (Lipinski definition) is 4. The topological polar surface area (TPSA) is 56.2 Å². The maximum Gasteiger partial charge on any atom is 0.253 e. The van der Waals surface area contributed by atoms with Gasteiger partial charge in [0.25, 0.3) is 5.91 Å². The molecule has 0 bridgehead atoms. The van der Waals surface area contributed by atoms with Crippen LogP contribution in [0, 0.1) is 0 Å². The number of hydrazone groups is 1. The van der Waals surface area contributed by atoms with Crippen LogP contribution < -0.4 is 5.01 Å². The van der Waals surface area contributed by atoms with E-state index in [0.29, 0.717) is 31.6 Å². The van der Waals surface area contributed by atoms with Crippen LogP contribution in [0.5, 0.6) is 0 Å². The molecule has 2 aliphatic rings. The van der Waals surface area contributed by atoms with E-state index in [0.717, 1.165) is 37.3 Å². The molecule has 3 rings (SSSR count). The van der Waals surface area contributed by atoms with Crippen molar-refractivity contribution in [2.75, 3.05) is 37.7 Å². The predicted molar refractivity (Wildman–Crippen MR) is 98.9 cm³/mol. The molecule has 0 unspecified atom stereocenters. The molecule has 0 N–H and O–H groups in total. The highest BCUT2D eigenvalue weighted by Gasteiger charge is 2.22. The molecule has 2 aliphatic heterocycles. The van der Waals surface area contributed by atoms with Gasteiger partial charge < -0.3 is 9.80 Å². The molecule has 0 spiro atoms. The molecule has 2 heterocycles. The van der Waals surface area contributed by atoms with Crippen LogP contribution >= 0.6 is 0 Å². The van der Waals surface area contributed by atoms with E-state index in [1.165, 1.54) is 0 Å². The maximum absolute atomic E-state index is 12.8. The second-order valence-electron chi connectivity index (χ2n) is 6.64. The van der Waals surface area contributed by atoms with E-state index in [9.17, 15) is 9.59 Å². The van der Waals surface area contributed by atoms with Gasteiger partial charge in [-0.25, -0.2) is 0 Å². The van der Waals surface area contributed by atoms with Gasteiger partial charge in [-0.05, 0) is 37.6 Å². The zero-order chi connectivity index (χ0) is 17.8. The fourth-order valence-corrected chi connectivity index (χ4v) is 3.31. The lowest BCUT2D eigenvalue weighted by atomic mass is 10.1. The fourth-order valence-electron chi connectivity index (χ4n) is 3.31. The summed E-state index contributed by atoms with van der Waals surface area (Å²) in [4.78, 5) is 28.3. The summed E-state index contributed by atoms with van der Waals surface area (Å²) in [5.74, 6) is 0.207. The Kier molecular flexibility index (Phi) is 5.36. The first-order valence-corrected chi connectivity index (χ1v) is 9.07. The van der Waals surface area contributed by atoms with Gasteiger partial charge in [0.05, 0.1) is 5.69 Å². The summed E-state index contributed by atoms with van der Waals surface area (Å²) in [5, 5.41) is 6.46. The molecular weight excluding hydrogens is 316 g/mol. The third kappa shape index (κ3) is 4.00. The first kappa shape index (κ1) is 17.5. The summed E-state index contributed by atoms with van der Waals surface area (Å²) >= 11 is 0. The number of benzene rings is 1.